The van der Waals surface area contributed by atoms with E-state index < -0.39 is 9.84 Å². The Hall–Kier alpha value is -4.49. The highest BCUT2D eigenvalue weighted by Gasteiger charge is 2.15. The zero-order valence-corrected chi connectivity index (χ0v) is 21.9. The van der Waals surface area contributed by atoms with E-state index in [1.165, 1.54) is 6.26 Å². The molecule has 38 heavy (non-hydrogen) atoms. The Labute approximate surface area is 222 Å². The van der Waals surface area contributed by atoms with E-state index in [9.17, 15) is 13.5 Å². The minimum absolute atomic E-state index is 0.170. The largest absolute Gasteiger partial charge is 0.508 e. The molecule has 0 unspecified atom stereocenters. The summed E-state index contributed by atoms with van der Waals surface area (Å²) in [6.45, 7) is 2.87. The molecule has 1 heterocycles. The van der Waals surface area contributed by atoms with Gasteiger partial charge in [-0.3, -0.25) is 0 Å². The van der Waals surface area contributed by atoms with E-state index in [4.69, 9.17) is 4.74 Å². The van der Waals surface area contributed by atoms with Gasteiger partial charge in [0.2, 0.25) is 0 Å². The quantitative estimate of drug-likeness (QED) is 0.278. The van der Waals surface area contributed by atoms with Crippen LogP contribution in [0.25, 0.3) is 21.9 Å². The SMILES string of the molecule is CCN(C1=CC=CC=CN1)c1ccc(Oc2c(-c3ccc(S(C)(=O)=O)cc3)ccc3cc(O)ccc23)cc1. The van der Waals surface area contributed by atoms with Crippen molar-refractivity contribution in [2.75, 3.05) is 17.7 Å². The van der Waals surface area contributed by atoms with Gasteiger partial charge in [0.05, 0.1) is 4.90 Å². The van der Waals surface area contributed by atoms with Gasteiger partial charge in [0, 0.05) is 35.6 Å². The monoisotopic (exact) mass is 524 g/mol. The van der Waals surface area contributed by atoms with Crippen LogP contribution in [0.1, 0.15) is 6.92 Å². The third kappa shape index (κ3) is 5.28. The van der Waals surface area contributed by atoms with Crippen LogP contribution in [0.15, 0.2) is 120 Å². The number of nitrogens with zero attached hydrogens (tertiary/aromatic N) is 1. The van der Waals surface area contributed by atoms with Crippen LogP contribution >= 0.6 is 0 Å². The maximum Gasteiger partial charge on any atom is 0.175 e. The Morgan fingerprint density at radius 2 is 1.66 bits per heavy atom. The lowest BCUT2D eigenvalue weighted by Gasteiger charge is -2.26. The number of sulfone groups is 1. The third-order valence-corrected chi connectivity index (χ3v) is 7.45. The lowest BCUT2D eigenvalue weighted by molar-refractivity contribution is 0.475. The molecule has 6 nitrogen and oxygen atoms in total. The normalized spacial score (nSPS) is 13.1. The summed E-state index contributed by atoms with van der Waals surface area (Å²) in [6, 6.07) is 23.6. The molecule has 0 bridgehead atoms. The molecule has 0 aliphatic carbocycles. The molecule has 0 saturated heterocycles. The van der Waals surface area contributed by atoms with Gasteiger partial charge in [-0.15, -0.1) is 0 Å². The van der Waals surface area contributed by atoms with Crippen LogP contribution in [0, 0.1) is 0 Å². The van der Waals surface area contributed by atoms with Crippen molar-refractivity contribution in [1.29, 1.82) is 0 Å². The predicted molar refractivity (Wildman–Crippen MR) is 153 cm³/mol. The fraction of sp³-hybridized carbons (Fsp3) is 0.0968. The Kier molecular flexibility index (Phi) is 6.94. The summed E-state index contributed by atoms with van der Waals surface area (Å²) in [6.07, 6.45) is 11.0. The number of nitrogens with one attached hydrogen (secondary N) is 1. The molecule has 0 radical (unpaired) electrons. The molecule has 0 atom stereocenters. The van der Waals surface area contributed by atoms with Crippen LogP contribution in [-0.2, 0) is 9.84 Å². The van der Waals surface area contributed by atoms with Gasteiger partial charge < -0.3 is 20.1 Å². The van der Waals surface area contributed by atoms with Crippen LogP contribution in [0.4, 0.5) is 5.69 Å². The van der Waals surface area contributed by atoms with Gasteiger partial charge in [0.15, 0.2) is 9.84 Å². The highest BCUT2D eigenvalue weighted by Crippen LogP contribution is 2.41. The van der Waals surface area contributed by atoms with Crippen molar-refractivity contribution in [2.24, 2.45) is 0 Å². The van der Waals surface area contributed by atoms with Crippen molar-refractivity contribution in [3.63, 3.8) is 0 Å². The van der Waals surface area contributed by atoms with Gasteiger partial charge in [-0.2, -0.15) is 0 Å². The third-order valence-electron chi connectivity index (χ3n) is 6.33. The van der Waals surface area contributed by atoms with Gasteiger partial charge in [-0.25, -0.2) is 8.42 Å². The van der Waals surface area contributed by atoms with E-state index in [0.29, 0.717) is 11.5 Å². The summed E-state index contributed by atoms with van der Waals surface area (Å²) in [5.74, 6) is 2.42. The molecule has 192 valence electrons. The van der Waals surface area contributed by atoms with Crippen molar-refractivity contribution in [3.8, 4) is 28.4 Å². The first-order valence-corrected chi connectivity index (χ1v) is 14.1. The Morgan fingerprint density at radius 3 is 2.37 bits per heavy atom. The average molecular weight is 525 g/mol. The summed E-state index contributed by atoms with van der Waals surface area (Å²) >= 11 is 0. The molecule has 4 aromatic rings. The van der Waals surface area contributed by atoms with E-state index in [1.807, 2.05) is 73.0 Å². The second-order valence-electron chi connectivity index (χ2n) is 8.92. The van der Waals surface area contributed by atoms with Gasteiger partial charge in [-0.05, 0) is 90.7 Å². The molecular formula is C31H28N2O4S. The fourth-order valence-corrected chi connectivity index (χ4v) is 5.06. The Balaban J connectivity index is 1.52. The molecule has 1 aliphatic rings. The molecule has 5 rings (SSSR count). The number of allylic oxidation sites excluding steroid dienone is 4. The molecule has 4 aromatic carbocycles. The molecule has 0 amide bonds. The Bertz CT molecular complexity index is 1670. The smallest absolute Gasteiger partial charge is 0.175 e. The first-order chi connectivity index (χ1) is 18.3. The lowest BCUT2D eigenvalue weighted by Crippen LogP contribution is -2.28. The summed E-state index contributed by atoms with van der Waals surface area (Å²) in [7, 11) is -3.30. The van der Waals surface area contributed by atoms with Gasteiger partial charge in [0.1, 0.15) is 23.1 Å². The number of hydrogen-bond donors (Lipinski definition) is 2. The second-order valence-corrected chi connectivity index (χ2v) is 10.9. The lowest BCUT2D eigenvalue weighted by atomic mass is 9.99. The number of aromatic hydroxyl groups is 1. The summed E-state index contributed by atoms with van der Waals surface area (Å²) in [5, 5.41) is 15.0. The van der Waals surface area contributed by atoms with Gasteiger partial charge >= 0.3 is 0 Å². The number of anilines is 1. The molecule has 7 heteroatoms. The topological polar surface area (TPSA) is 78.9 Å². The second kappa shape index (κ2) is 10.5. The van der Waals surface area contributed by atoms with Crippen LogP contribution < -0.4 is 15.0 Å². The number of benzene rings is 4. The number of phenolic OH excluding ortho intramolecular Hbond substituents is 1. The molecule has 0 aromatic heterocycles. The maximum absolute atomic E-state index is 11.9. The van der Waals surface area contributed by atoms with Crippen LogP contribution in [0.5, 0.6) is 17.2 Å². The zero-order valence-electron chi connectivity index (χ0n) is 21.1. The number of hydrogen-bond acceptors (Lipinski definition) is 6. The molecule has 1 aliphatic heterocycles. The van der Waals surface area contributed by atoms with Crippen molar-refractivity contribution in [2.45, 2.75) is 11.8 Å². The minimum Gasteiger partial charge on any atom is -0.508 e. The van der Waals surface area contributed by atoms with E-state index >= 15 is 0 Å². The van der Waals surface area contributed by atoms with Crippen LogP contribution in [0.2, 0.25) is 0 Å². The van der Waals surface area contributed by atoms with Crippen LogP contribution in [0.3, 0.4) is 0 Å². The highest BCUT2D eigenvalue weighted by molar-refractivity contribution is 7.90. The van der Waals surface area contributed by atoms with Crippen molar-refractivity contribution < 1.29 is 18.3 Å². The number of rotatable bonds is 7. The molecule has 0 fully saturated rings. The predicted octanol–water partition coefficient (Wildman–Crippen LogP) is 6.75. The van der Waals surface area contributed by atoms with Crippen LogP contribution in [-0.4, -0.2) is 26.3 Å². The Morgan fingerprint density at radius 1 is 0.895 bits per heavy atom. The van der Waals surface area contributed by atoms with Gasteiger partial charge in [-0.1, -0.05) is 30.4 Å². The molecule has 0 saturated carbocycles. The summed E-state index contributed by atoms with van der Waals surface area (Å²) in [5.41, 5.74) is 2.65. The van der Waals surface area contributed by atoms with Crippen molar-refractivity contribution in [3.05, 3.63) is 115 Å². The highest BCUT2D eigenvalue weighted by atomic mass is 32.2. The van der Waals surface area contributed by atoms with E-state index in [-0.39, 0.29) is 10.6 Å². The first-order valence-electron chi connectivity index (χ1n) is 12.3. The molecular weight excluding hydrogens is 496 g/mol. The van der Waals surface area contributed by atoms with Gasteiger partial charge in [0.25, 0.3) is 0 Å². The first kappa shape index (κ1) is 25.2. The standard InChI is InChI=1S/C31H28N2O4S/c1-3-33(30-7-5-4-6-20-32-30)24-11-14-26(15-12-24)37-31-28(18-10-23-21-25(34)13-19-29(23)31)22-8-16-27(17-9-22)38(2,35)36/h4-21,32,34H,3H2,1-2H3. The molecule has 0 spiro atoms. The fourth-order valence-electron chi connectivity index (χ4n) is 4.43. The zero-order chi connectivity index (χ0) is 26.7. The average Bonchev–Trinajstić information content (AvgIpc) is 3.19. The number of ether oxygens (including phenoxy) is 1. The number of phenols is 1. The maximum atomic E-state index is 11.9. The number of fused-ring (bicyclic) bond motifs is 1. The summed E-state index contributed by atoms with van der Waals surface area (Å²) in [4.78, 5) is 2.42. The molecule has 2 N–H and O–H groups in total. The van der Waals surface area contributed by atoms with Crippen molar-refractivity contribution in [1.82, 2.24) is 5.32 Å². The van der Waals surface area contributed by atoms with E-state index in [2.05, 4.69) is 17.1 Å². The summed E-state index contributed by atoms with van der Waals surface area (Å²) < 4.78 is 30.4. The van der Waals surface area contributed by atoms with Crippen molar-refractivity contribution >= 4 is 26.3 Å². The minimum atomic E-state index is -3.30. The van der Waals surface area contributed by atoms with E-state index in [0.717, 1.165) is 40.0 Å². The van der Waals surface area contributed by atoms with E-state index in [1.54, 1.807) is 36.4 Å².